The van der Waals surface area contributed by atoms with E-state index in [-0.39, 0.29) is 49.6 Å². The Balaban J connectivity index is 2.31. The first-order valence-electron chi connectivity index (χ1n) is 10.9. The third kappa shape index (κ3) is 8.41. The van der Waals surface area contributed by atoms with Crippen LogP contribution in [0.1, 0.15) is 18.9 Å². The predicted molar refractivity (Wildman–Crippen MR) is 134 cm³/mol. The molecule has 2 atom stereocenters. The van der Waals surface area contributed by atoms with Gasteiger partial charge in [-0.05, 0) is 24.1 Å². The second-order valence-corrected chi connectivity index (χ2v) is 9.01. The number of hydrogen-bond acceptors (Lipinski definition) is 8. The lowest BCUT2D eigenvalue weighted by Crippen LogP contribution is -2.48. The SMILES string of the molecule is C=CCOC(=O)Cc1cccc(N(OCC=C)C(=O)[C@@H]2C[C@H](SC(C)=O)CN2C(=O)OCC=C)c1. The lowest BCUT2D eigenvalue weighted by atomic mass is 10.1. The van der Waals surface area contributed by atoms with Crippen LogP contribution in [-0.4, -0.2) is 65.6 Å². The fourth-order valence-electron chi connectivity index (χ4n) is 3.46. The summed E-state index contributed by atoms with van der Waals surface area (Å²) in [6.45, 7) is 12.4. The first kappa shape index (κ1) is 27.9. The van der Waals surface area contributed by atoms with Crippen molar-refractivity contribution in [2.45, 2.75) is 31.1 Å². The highest BCUT2D eigenvalue weighted by atomic mass is 32.2. The summed E-state index contributed by atoms with van der Waals surface area (Å²) in [5.41, 5.74) is 0.975. The molecule has 1 fully saturated rings. The van der Waals surface area contributed by atoms with Gasteiger partial charge in [-0.15, -0.1) is 6.58 Å². The Kier molecular flexibility index (Phi) is 11.2. The Morgan fingerprint density at radius 3 is 2.43 bits per heavy atom. The number of esters is 1. The number of benzene rings is 1. The summed E-state index contributed by atoms with van der Waals surface area (Å²) in [5.74, 6) is -0.955. The van der Waals surface area contributed by atoms with Crippen LogP contribution in [0.25, 0.3) is 0 Å². The number of carbonyl (C=O) groups is 4. The Bertz CT molecular complexity index is 965. The van der Waals surface area contributed by atoms with Crippen molar-refractivity contribution in [3.8, 4) is 0 Å². The Labute approximate surface area is 209 Å². The molecule has 10 heteroatoms. The highest BCUT2D eigenvalue weighted by Gasteiger charge is 2.43. The van der Waals surface area contributed by atoms with E-state index in [1.54, 1.807) is 24.3 Å². The molecule has 0 radical (unpaired) electrons. The van der Waals surface area contributed by atoms with Crippen LogP contribution in [-0.2, 0) is 35.1 Å². The highest BCUT2D eigenvalue weighted by molar-refractivity contribution is 8.14. The highest BCUT2D eigenvalue weighted by Crippen LogP contribution is 2.31. The van der Waals surface area contributed by atoms with E-state index in [0.717, 1.165) is 16.8 Å². The summed E-state index contributed by atoms with van der Waals surface area (Å²) < 4.78 is 10.2. The molecule has 0 bridgehead atoms. The van der Waals surface area contributed by atoms with E-state index in [0.29, 0.717) is 11.3 Å². The van der Waals surface area contributed by atoms with Gasteiger partial charge in [0.15, 0.2) is 5.12 Å². The van der Waals surface area contributed by atoms with E-state index in [1.165, 1.54) is 30.1 Å². The van der Waals surface area contributed by atoms with E-state index in [2.05, 4.69) is 19.7 Å². The molecule has 0 saturated carbocycles. The molecule has 35 heavy (non-hydrogen) atoms. The summed E-state index contributed by atoms with van der Waals surface area (Å²) in [6, 6.07) is 5.77. The zero-order valence-electron chi connectivity index (χ0n) is 19.7. The van der Waals surface area contributed by atoms with E-state index in [9.17, 15) is 19.2 Å². The first-order valence-corrected chi connectivity index (χ1v) is 11.8. The Morgan fingerprint density at radius 1 is 1.09 bits per heavy atom. The summed E-state index contributed by atoms with van der Waals surface area (Å²) >= 11 is 1.07. The average molecular weight is 503 g/mol. The molecule has 0 spiro atoms. The average Bonchev–Trinajstić information content (AvgIpc) is 3.24. The number of rotatable bonds is 12. The van der Waals surface area contributed by atoms with E-state index >= 15 is 0 Å². The number of hydrogen-bond donors (Lipinski definition) is 0. The molecular weight excluding hydrogens is 472 g/mol. The first-order chi connectivity index (χ1) is 16.8. The van der Waals surface area contributed by atoms with Gasteiger partial charge in [-0.2, -0.15) is 5.06 Å². The molecule has 2 rings (SSSR count). The minimum absolute atomic E-state index is 0.00801. The monoisotopic (exact) mass is 502 g/mol. The molecular formula is C25H30N2O7S. The maximum atomic E-state index is 13.6. The fourth-order valence-corrected chi connectivity index (χ4v) is 4.44. The zero-order valence-corrected chi connectivity index (χ0v) is 20.5. The molecule has 1 saturated heterocycles. The molecule has 9 nitrogen and oxygen atoms in total. The second kappa shape index (κ2) is 14.1. The fraction of sp³-hybridized carbons (Fsp3) is 0.360. The van der Waals surface area contributed by atoms with Gasteiger partial charge in [-0.1, -0.05) is 55.3 Å². The third-order valence-electron chi connectivity index (χ3n) is 4.82. The van der Waals surface area contributed by atoms with Gasteiger partial charge in [0.05, 0.1) is 18.7 Å². The van der Waals surface area contributed by atoms with Gasteiger partial charge >= 0.3 is 12.1 Å². The van der Waals surface area contributed by atoms with E-state index in [1.807, 2.05) is 0 Å². The molecule has 0 aliphatic carbocycles. The Morgan fingerprint density at radius 2 is 1.77 bits per heavy atom. The van der Waals surface area contributed by atoms with Gasteiger partial charge in [0, 0.05) is 18.7 Å². The molecule has 1 heterocycles. The predicted octanol–water partition coefficient (Wildman–Crippen LogP) is 3.45. The lowest BCUT2D eigenvalue weighted by Gasteiger charge is -2.29. The van der Waals surface area contributed by atoms with E-state index in [4.69, 9.17) is 14.3 Å². The second-order valence-electron chi connectivity index (χ2n) is 7.54. The number of amides is 2. The van der Waals surface area contributed by atoms with Crippen LogP contribution in [0, 0.1) is 0 Å². The van der Waals surface area contributed by atoms with Crippen LogP contribution in [0.2, 0.25) is 0 Å². The van der Waals surface area contributed by atoms with Crippen molar-refractivity contribution in [3.63, 3.8) is 0 Å². The Hall–Kier alpha value is -3.37. The number of thioether (sulfide) groups is 1. The number of ether oxygens (including phenoxy) is 2. The summed E-state index contributed by atoms with van der Waals surface area (Å²) in [4.78, 5) is 56.9. The van der Waals surface area contributed by atoms with Gasteiger partial charge in [0.2, 0.25) is 0 Å². The van der Waals surface area contributed by atoms with Gasteiger partial charge in [-0.3, -0.25) is 24.1 Å². The normalized spacial score (nSPS) is 16.8. The third-order valence-corrected chi connectivity index (χ3v) is 5.82. The molecule has 1 aromatic rings. The largest absolute Gasteiger partial charge is 0.461 e. The number of carbonyl (C=O) groups excluding carboxylic acids is 4. The van der Waals surface area contributed by atoms with Crippen molar-refractivity contribution < 1.29 is 33.5 Å². The molecule has 0 N–H and O–H groups in total. The van der Waals surface area contributed by atoms with Crippen molar-refractivity contribution in [1.29, 1.82) is 0 Å². The molecule has 1 aliphatic rings. The molecule has 188 valence electrons. The van der Waals surface area contributed by atoms with Crippen molar-refractivity contribution in [2.24, 2.45) is 0 Å². The van der Waals surface area contributed by atoms with Crippen LogP contribution in [0.3, 0.4) is 0 Å². The van der Waals surface area contributed by atoms with Crippen LogP contribution >= 0.6 is 11.8 Å². The minimum Gasteiger partial charge on any atom is -0.461 e. The summed E-state index contributed by atoms with van der Waals surface area (Å²) in [5, 5.41) is 0.697. The molecule has 1 aromatic carbocycles. The van der Waals surface area contributed by atoms with Crippen molar-refractivity contribution in [3.05, 3.63) is 67.8 Å². The van der Waals surface area contributed by atoms with Gasteiger partial charge in [-0.25, -0.2) is 4.79 Å². The van der Waals surface area contributed by atoms with Gasteiger partial charge in [0.25, 0.3) is 5.91 Å². The lowest BCUT2D eigenvalue weighted by molar-refractivity contribution is -0.141. The maximum Gasteiger partial charge on any atom is 0.410 e. The molecule has 0 unspecified atom stereocenters. The maximum absolute atomic E-state index is 13.6. The van der Waals surface area contributed by atoms with Gasteiger partial charge in [0.1, 0.15) is 19.3 Å². The molecule has 1 aliphatic heterocycles. The van der Waals surface area contributed by atoms with Crippen LogP contribution < -0.4 is 5.06 Å². The number of anilines is 1. The van der Waals surface area contributed by atoms with Gasteiger partial charge < -0.3 is 9.47 Å². The summed E-state index contributed by atoms with van der Waals surface area (Å²) in [7, 11) is 0. The minimum atomic E-state index is -0.921. The summed E-state index contributed by atoms with van der Waals surface area (Å²) in [6.07, 6.45) is 3.94. The standard InChI is InChI=1S/C25H30N2O7S/c1-5-11-32-23(29)15-19-9-8-10-20(14-19)27(34-13-7-3)24(30)22-16-21(35-18(4)28)17-26(22)25(31)33-12-6-2/h5-10,14,21-22H,1-3,11-13,15-17H2,4H3/t21-,22-/m0/s1. The number of likely N-dealkylation sites (tertiary alicyclic amines) is 1. The molecule has 2 amide bonds. The van der Waals surface area contributed by atoms with Crippen molar-refractivity contribution >= 4 is 40.5 Å². The number of hydroxylamine groups is 1. The smallest absolute Gasteiger partial charge is 0.410 e. The van der Waals surface area contributed by atoms with Crippen molar-refractivity contribution in [1.82, 2.24) is 4.90 Å². The number of nitrogens with zero attached hydrogens (tertiary/aromatic N) is 2. The quantitative estimate of drug-likeness (QED) is 0.243. The topological polar surface area (TPSA) is 102 Å². The zero-order chi connectivity index (χ0) is 25.8. The van der Waals surface area contributed by atoms with E-state index < -0.39 is 24.0 Å². The van der Waals surface area contributed by atoms with Crippen LogP contribution in [0.4, 0.5) is 10.5 Å². The van der Waals surface area contributed by atoms with Crippen molar-refractivity contribution in [2.75, 3.05) is 31.4 Å². The van der Waals surface area contributed by atoms with Crippen LogP contribution in [0.5, 0.6) is 0 Å². The molecule has 0 aromatic heterocycles. The van der Waals surface area contributed by atoms with Crippen LogP contribution in [0.15, 0.2) is 62.2 Å².